The SMILES string of the molecule is CC[C@H](C)N(Cc1nc2ccc(Oc3ccc(C4=CC=NC4)cc3)cc2[nH]1)C(C)=O.CC[C@H](C)NCc1nc2ccc(Oc3ccc(C4=CC=NC4)cc3)cc2[nH]1. The van der Waals surface area contributed by atoms with Crippen LogP contribution in [-0.4, -0.2) is 68.3 Å². The maximum Gasteiger partial charge on any atom is 0.220 e. The summed E-state index contributed by atoms with van der Waals surface area (Å²) in [6, 6.07) is 28.5. The quantitative estimate of drug-likeness (QED) is 0.101. The van der Waals surface area contributed by atoms with Crippen LogP contribution in [-0.2, 0) is 17.9 Å². The van der Waals surface area contributed by atoms with Crippen LogP contribution in [0.2, 0.25) is 0 Å². The number of benzene rings is 4. The number of rotatable bonds is 14. The summed E-state index contributed by atoms with van der Waals surface area (Å²) in [5.74, 6) is 4.89. The highest BCUT2D eigenvalue weighted by Gasteiger charge is 2.18. The molecule has 0 fully saturated rings. The lowest BCUT2D eigenvalue weighted by molar-refractivity contribution is -0.131. The topological polar surface area (TPSA) is 133 Å². The number of imidazole rings is 2. The fraction of sp³-hybridized carbons (Fsp3) is 0.283. The van der Waals surface area contributed by atoms with Gasteiger partial charge < -0.3 is 29.7 Å². The molecule has 0 saturated carbocycles. The maximum atomic E-state index is 12.0. The van der Waals surface area contributed by atoms with Gasteiger partial charge in [-0.05, 0) is 110 Å². The highest BCUT2D eigenvalue weighted by molar-refractivity contribution is 5.90. The average Bonchev–Trinajstić information content (AvgIpc) is 4.07. The average molecular weight is 763 g/mol. The fourth-order valence-corrected chi connectivity index (χ4v) is 6.56. The first-order valence-corrected chi connectivity index (χ1v) is 19.7. The van der Waals surface area contributed by atoms with Gasteiger partial charge in [-0.3, -0.25) is 14.8 Å². The third-order valence-electron chi connectivity index (χ3n) is 10.3. The molecule has 0 unspecified atom stereocenters. The third-order valence-corrected chi connectivity index (χ3v) is 10.3. The Hall–Kier alpha value is -6.33. The van der Waals surface area contributed by atoms with Gasteiger partial charge in [-0.25, -0.2) is 9.97 Å². The first kappa shape index (κ1) is 38.9. The number of aromatic amines is 2. The van der Waals surface area contributed by atoms with Gasteiger partial charge in [0.25, 0.3) is 0 Å². The Bertz CT molecular complexity index is 2440. The number of carbonyl (C=O) groups excluding carboxylic acids is 1. The number of nitrogens with one attached hydrogen (secondary N) is 3. The number of hydrogen-bond acceptors (Lipinski definition) is 8. The van der Waals surface area contributed by atoms with E-state index in [-0.39, 0.29) is 11.9 Å². The van der Waals surface area contributed by atoms with Crippen molar-refractivity contribution in [2.45, 2.75) is 72.6 Å². The van der Waals surface area contributed by atoms with Crippen LogP contribution >= 0.6 is 0 Å². The summed E-state index contributed by atoms with van der Waals surface area (Å²) in [5, 5.41) is 3.45. The molecule has 0 bridgehead atoms. The minimum atomic E-state index is 0.0530. The summed E-state index contributed by atoms with van der Waals surface area (Å²) in [6.07, 6.45) is 9.78. The van der Waals surface area contributed by atoms with Gasteiger partial charge in [0, 0.05) is 43.6 Å². The van der Waals surface area contributed by atoms with Crippen molar-refractivity contribution in [1.29, 1.82) is 0 Å². The Balaban J connectivity index is 0.000000175. The van der Waals surface area contributed by atoms with Gasteiger partial charge in [0.15, 0.2) is 0 Å². The number of ether oxygens (including phenoxy) is 2. The van der Waals surface area contributed by atoms with Gasteiger partial charge in [-0.15, -0.1) is 0 Å². The highest BCUT2D eigenvalue weighted by atomic mass is 16.5. The molecule has 8 rings (SSSR count). The summed E-state index contributed by atoms with van der Waals surface area (Å²) in [6.45, 7) is 12.8. The van der Waals surface area contributed by atoms with Crippen molar-refractivity contribution in [3.05, 3.63) is 120 Å². The van der Waals surface area contributed by atoms with E-state index in [4.69, 9.17) is 9.47 Å². The molecule has 4 heterocycles. The second-order valence-electron chi connectivity index (χ2n) is 14.4. The summed E-state index contributed by atoms with van der Waals surface area (Å²) in [4.78, 5) is 38.2. The number of H-pyrrole nitrogens is 2. The van der Waals surface area contributed by atoms with E-state index in [1.807, 2.05) is 96.2 Å². The van der Waals surface area contributed by atoms with Gasteiger partial charge in [0.1, 0.15) is 34.6 Å². The van der Waals surface area contributed by atoms with Crippen LogP contribution < -0.4 is 14.8 Å². The lowest BCUT2D eigenvalue weighted by atomic mass is 10.1. The molecule has 0 spiro atoms. The Morgan fingerprint density at radius 2 is 1.19 bits per heavy atom. The zero-order chi connectivity index (χ0) is 39.7. The third kappa shape index (κ3) is 9.92. The van der Waals surface area contributed by atoms with Gasteiger partial charge in [0.2, 0.25) is 5.91 Å². The molecule has 11 nitrogen and oxygen atoms in total. The fourth-order valence-electron chi connectivity index (χ4n) is 6.56. The molecular formula is C46H50N8O3. The van der Waals surface area contributed by atoms with E-state index in [0.717, 1.165) is 94.8 Å². The molecule has 1 amide bonds. The van der Waals surface area contributed by atoms with Crippen LogP contribution in [0.15, 0.2) is 107 Å². The normalized spacial score (nSPS) is 14.3. The van der Waals surface area contributed by atoms with E-state index in [2.05, 4.69) is 81.1 Å². The first-order valence-electron chi connectivity index (χ1n) is 19.7. The van der Waals surface area contributed by atoms with Crippen molar-refractivity contribution >= 4 is 51.5 Å². The zero-order valence-corrected chi connectivity index (χ0v) is 33.3. The van der Waals surface area contributed by atoms with Crippen LogP contribution in [0.25, 0.3) is 33.2 Å². The number of fused-ring (bicyclic) bond motifs is 2. The largest absolute Gasteiger partial charge is 0.457 e. The minimum Gasteiger partial charge on any atom is -0.457 e. The number of allylic oxidation sites excluding steroid dienone is 2. The Morgan fingerprint density at radius 3 is 1.65 bits per heavy atom. The lowest BCUT2D eigenvalue weighted by Gasteiger charge is -2.26. The number of carbonyl (C=O) groups is 1. The number of aliphatic imine (C=N–C) groups is 2. The van der Waals surface area contributed by atoms with E-state index in [0.29, 0.717) is 12.6 Å². The Morgan fingerprint density at radius 1 is 0.702 bits per heavy atom. The van der Waals surface area contributed by atoms with Crippen LogP contribution in [0.3, 0.4) is 0 Å². The van der Waals surface area contributed by atoms with E-state index in [1.165, 1.54) is 16.7 Å². The van der Waals surface area contributed by atoms with Gasteiger partial charge in [0.05, 0.1) is 48.2 Å². The lowest BCUT2D eigenvalue weighted by Crippen LogP contribution is -2.36. The van der Waals surface area contributed by atoms with Crippen molar-refractivity contribution in [2.75, 3.05) is 13.1 Å². The summed E-state index contributed by atoms with van der Waals surface area (Å²) < 4.78 is 12.0. The molecule has 0 aliphatic carbocycles. The van der Waals surface area contributed by atoms with Crippen molar-refractivity contribution in [1.82, 2.24) is 30.2 Å². The zero-order valence-electron chi connectivity index (χ0n) is 33.3. The molecule has 11 heteroatoms. The molecule has 0 saturated heterocycles. The number of aromatic nitrogens is 4. The van der Waals surface area contributed by atoms with Gasteiger partial charge in [-0.2, -0.15) is 0 Å². The van der Waals surface area contributed by atoms with Crippen LogP contribution in [0, 0.1) is 0 Å². The molecule has 292 valence electrons. The van der Waals surface area contributed by atoms with Crippen LogP contribution in [0.1, 0.15) is 70.2 Å². The van der Waals surface area contributed by atoms with Crippen molar-refractivity contribution in [2.24, 2.45) is 9.98 Å². The molecule has 2 atom stereocenters. The van der Waals surface area contributed by atoms with Crippen molar-refractivity contribution in [3.8, 4) is 23.0 Å². The number of amides is 1. The monoisotopic (exact) mass is 762 g/mol. The molecule has 4 aromatic carbocycles. The second kappa shape index (κ2) is 18.1. The standard InChI is InChI=1S/C24H26N4O2.C22H24N4O/c1-4-16(2)28(17(3)29)15-24-26-22-10-9-21(13-23(22)27-24)30-20-7-5-18(6-8-20)19-11-12-25-14-19;1-3-15(2)24-14-22-25-20-9-8-19(12-21(20)26-22)27-18-6-4-16(5-7-18)17-10-11-23-13-17/h5-13,16H,4,14-15H2,1-3H3,(H,26,27);4-12,15,24H,3,13-14H2,1-2H3,(H,25,26)/t16-;15-/m00/s1. The summed E-state index contributed by atoms with van der Waals surface area (Å²) >= 11 is 0. The number of hydrogen-bond donors (Lipinski definition) is 3. The second-order valence-corrected chi connectivity index (χ2v) is 14.4. The number of nitrogens with zero attached hydrogens (tertiary/aromatic N) is 5. The predicted molar refractivity (Wildman–Crippen MR) is 230 cm³/mol. The minimum absolute atomic E-state index is 0.0530. The molecule has 57 heavy (non-hydrogen) atoms. The van der Waals surface area contributed by atoms with Crippen LogP contribution in [0.5, 0.6) is 23.0 Å². The molecule has 6 aromatic rings. The molecular weight excluding hydrogens is 713 g/mol. The highest BCUT2D eigenvalue weighted by Crippen LogP contribution is 2.29. The van der Waals surface area contributed by atoms with Crippen molar-refractivity contribution < 1.29 is 14.3 Å². The van der Waals surface area contributed by atoms with Crippen molar-refractivity contribution in [3.63, 3.8) is 0 Å². The maximum absolute atomic E-state index is 12.0. The molecule has 3 N–H and O–H groups in total. The molecule has 2 aliphatic rings. The molecule has 2 aromatic heterocycles. The first-order chi connectivity index (χ1) is 27.7. The summed E-state index contributed by atoms with van der Waals surface area (Å²) in [5.41, 5.74) is 8.47. The molecule has 0 radical (unpaired) electrons. The Kier molecular flexibility index (Phi) is 12.3. The smallest absolute Gasteiger partial charge is 0.220 e. The molecule has 2 aliphatic heterocycles. The van der Waals surface area contributed by atoms with Gasteiger partial charge >= 0.3 is 0 Å². The van der Waals surface area contributed by atoms with Crippen LogP contribution in [0.4, 0.5) is 0 Å². The van der Waals surface area contributed by atoms with E-state index in [1.54, 1.807) is 6.92 Å². The van der Waals surface area contributed by atoms with E-state index in [9.17, 15) is 4.79 Å². The van der Waals surface area contributed by atoms with Gasteiger partial charge in [-0.1, -0.05) is 38.1 Å². The van der Waals surface area contributed by atoms with E-state index >= 15 is 0 Å². The van der Waals surface area contributed by atoms with E-state index < -0.39 is 0 Å². The Labute approximate surface area is 333 Å². The predicted octanol–water partition coefficient (Wildman–Crippen LogP) is 9.68. The summed E-state index contributed by atoms with van der Waals surface area (Å²) in [7, 11) is 0.